The maximum absolute atomic E-state index is 14.3. The van der Waals surface area contributed by atoms with Crippen LogP contribution in [0.2, 0.25) is 0 Å². The molecule has 1 amide bonds. The third-order valence-corrected chi connectivity index (χ3v) is 7.27. The minimum absolute atomic E-state index is 0.109. The van der Waals surface area contributed by atoms with E-state index < -0.39 is 21.7 Å². The molecule has 0 unspecified atom stereocenters. The molecule has 0 fully saturated rings. The number of carbonyl (C=O) groups is 1. The molecule has 1 N–H and O–H groups in total. The van der Waals surface area contributed by atoms with E-state index in [1.807, 2.05) is 26.0 Å². The van der Waals surface area contributed by atoms with Gasteiger partial charge in [-0.15, -0.1) is 0 Å². The van der Waals surface area contributed by atoms with Crippen LogP contribution in [0.5, 0.6) is 11.5 Å². The highest BCUT2D eigenvalue weighted by Gasteiger charge is 2.32. The molecule has 32 heavy (non-hydrogen) atoms. The molecule has 0 saturated carbocycles. The number of rotatable bonds is 9. The summed E-state index contributed by atoms with van der Waals surface area (Å²) in [5, 5.41) is 2.58. The number of hydrogen-bond donors (Lipinski definition) is 1. The van der Waals surface area contributed by atoms with Crippen LogP contribution in [0.1, 0.15) is 43.6 Å². The quantitative estimate of drug-likeness (QED) is 0.575. The number of sulfonamides is 1. The Balaban J connectivity index is 1.64. The Bertz CT molecular complexity index is 1100. The topological polar surface area (TPSA) is 84.9 Å². The lowest BCUT2D eigenvalue weighted by Gasteiger charge is -2.19. The van der Waals surface area contributed by atoms with Gasteiger partial charge in [-0.1, -0.05) is 26.0 Å². The first-order chi connectivity index (χ1) is 15.1. The average molecular weight is 465 g/mol. The van der Waals surface area contributed by atoms with Crippen molar-refractivity contribution in [2.24, 2.45) is 0 Å². The molecule has 0 bridgehead atoms. The van der Waals surface area contributed by atoms with Crippen LogP contribution >= 0.6 is 0 Å². The minimum atomic E-state index is -3.80. The Morgan fingerprint density at radius 1 is 1.22 bits per heavy atom. The highest BCUT2D eigenvalue weighted by atomic mass is 32.2. The number of hydrogen-bond acceptors (Lipinski definition) is 5. The van der Waals surface area contributed by atoms with E-state index in [9.17, 15) is 17.6 Å². The number of fused-ring (bicyclic) bond motifs is 1. The fourth-order valence-electron chi connectivity index (χ4n) is 3.67. The molecule has 2 aromatic carbocycles. The summed E-state index contributed by atoms with van der Waals surface area (Å²) in [7, 11) is -3.80. The van der Waals surface area contributed by atoms with Crippen molar-refractivity contribution in [1.29, 1.82) is 0 Å². The number of ether oxygens (including phenoxy) is 2. The van der Waals surface area contributed by atoms with Crippen molar-refractivity contribution in [2.45, 2.75) is 44.6 Å². The van der Waals surface area contributed by atoms with Crippen LogP contribution in [0.3, 0.4) is 0 Å². The lowest BCUT2D eigenvalue weighted by atomic mass is 10.0. The Morgan fingerprint density at radius 2 is 1.94 bits per heavy atom. The summed E-state index contributed by atoms with van der Waals surface area (Å²) in [5.74, 6) is -0.221. The second-order valence-electron chi connectivity index (χ2n) is 8.12. The molecule has 0 atom stereocenters. The zero-order valence-electron chi connectivity index (χ0n) is 18.8. The predicted molar refractivity (Wildman–Crippen MR) is 119 cm³/mol. The van der Waals surface area contributed by atoms with Gasteiger partial charge in [-0.2, -0.15) is 4.31 Å². The van der Waals surface area contributed by atoms with Crippen molar-refractivity contribution >= 4 is 15.9 Å². The molecule has 1 heterocycles. The Kier molecular flexibility index (Phi) is 7.09. The summed E-state index contributed by atoms with van der Waals surface area (Å²) >= 11 is 0. The van der Waals surface area contributed by atoms with Crippen molar-refractivity contribution in [3.8, 4) is 11.5 Å². The van der Waals surface area contributed by atoms with Crippen molar-refractivity contribution in [2.75, 3.05) is 26.2 Å². The van der Waals surface area contributed by atoms with Gasteiger partial charge in [-0.05, 0) is 38.1 Å². The molecule has 0 spiro atoms. The minimum Gasteiger partial charge on any atom is -0.488 e. The number of benzene rings is 2. The van der Waals surface area contributed by atoms with Crippen molar-refractivity contribution in [1.82, 2.24) is 9.62 Å². The van der Waals surface area contributed by atoms with Gasteiger partial charge >= 0.3 is 0 Å². The van der Waals surface area contributed by atoms with Gasteiger partial charge in [0.25, 0.3) is 5.91 Å². The SMILES string of the molecule is CCN(CC)S(=O)(=O)c1ccc(F)c(C(=O)NCCOc2cccc3c2OC(C)(C)C3)c1. The van der Waals surface area contributed by atoms with Gasteiger partial charge in [0.15, 0.2) is 11.5 Å². The maximum atomic E-state index is 14.3. The Morgan fingerprint density at radius 3 is 2.62 bits per heavy atom. The van der Waals surface area contributed by atoms with E-state index in [1.54, 1.807) is 19.9 Å². The lowest BCUT2D eigenvalue weighted by molar-refractivity contribution is 0.0942. The van der Waals surface area contributed by atoms with Crippen LogP contribution in [0.25, 0.3) is 0 Å². The van der Waals surface area contributed by atoms with E-state index in [1.165, 1.54) is 10.4 Å². The van der Waals surface area contributed by atoms with E-state index in [0.29, 0.717) is 11.5 Å². The molecular formula is C23H29FN2O5S. The third kappa shape index (κ3) is 5.05. The van der Waals surface area contributed by atoms with E-state index in [4.69, 9.17) is 9.47 Å². The second-order valence-corrected chi connectivity index (χ2v) is 10.1. The monoisotopic (exact) mass is 464 g/mol. The normalized spacial score (nSPS) is 14.7. The lowest BCUT2D eigenvalue weighted by Crippen LogP contribution is -2.32. The fraction of sp³-hybridized carbons (Fsp3) is 0.435. The molecule has 174 valence electrons. The Hall–Kier alpha value is -2.65. The molecule has 1 aliphatic rings. The summed E-state index contributed by atoms with van der Waals surface area (Å²) in [5.41, 5.74) is 0.429. The van der Waals surface area contributed by atoms with E-state index >= 15 is 0 Å². The van der Waals surface area contributed by atoms with Crippen LogP contribution in [0.15, 0.2) is 41.3 Å². The number of nitrogens with zero attached hydrogens (tertiary/aromatic N) is 1. The van der Waals surface area contributed by atoms with E-state index in [0.717, 1.165) is 24.1 Å². The highest BCUT2D eigenvalue weighted by Crippen LogP contribution is 2.41. The van der Waals surface area contributed by atoms with Crippen LogP contribution in [-0.2, 0) is 16.4 Å². The van der Waals surface area contributed by atoms with E-state index in [2.05, 4.69) is 5.32 Å². The van der Waals surface area contributed by atoms with Crippen molar-refractivity contribution < 1.29 is 27.1 Å². The molecule has 0 saturated heterocycles. The van der Waals surface area contributed by atoms with E-state index in [-0.39, 0.29) is 42.3 Å². The molecule has 1 aliphatic heterocycles. The molecule has 3 rings (SSSR count). The number of amides is 1. The molecule has 2 aromatic rings. The molecule has 0 radical (unpaired) electrons. The molecular weight excluding hydrogens is 435 g/mol. The molecule has 9 heteroatoms. The molecule has 0 aromatic heterocycles. The van der Waals surface area contributed by atoms with Gasteiger partial charge in [0.05, 0.1) is 17.0 Å². The van der Waals surface area contributed by atoms with Crippen molar-refractivity contribution in [3.63, 3.8) is 0 Å². The van der Waals surface area contributed by atoms with Crippen LogP contribution in [0, 0.1) is 5.82 Å². The maximum Gasteiger partial charge on any atom is 0.254 e. The van der Waals surface area contributed by atoms with Gasteiger partial charge in [0, 0.05) is 25.1 Å². The summed E-state index contributed by atoms with van der Waals surface area (Å²) in [6.07, 6.45) is 0.780. The zero-order valence-corrected chi connectivity index (χ0v) is 19.6. The standard InChI is InChI=1S/C23H29FN2O5S/c1-5-26(6-2)32(28,29)17-10-11-19(24)18(14-17)22(27)25-12-13-30-20-9-7-8-16-15-23(3,4)31-21(16)20/h7-11,14H,5-6,12-13,15H2,1-4H3,(H,25,27). The fourth-order valence-corrected chi connectivity index (χ4v) is 5.16. The molecule has 0 aliphatic carbocycles. The summed E-state index contributed by atoms with van der Waals surface area (Å²) in [4.78, 5) is 12.4. The predicted octanol–water partition coefficient (Wildman–Crippen LogP) is 3.38. The number of carbonyl (C=O) groups excluding carboxylic acids is 1. The first kappa shape index (κ1) is 24.0. The summed E-state index contributed by atoms with van der Waals surface area (Å²) in [6.45, 7) is 8.24. The number of nitrogens with one attached hydrogen (secondary N) is 1. The van der Waals surface area contributed by atoms with Gasteiger partial charge < -0.3 is 14.8 Å². The zero-order chi connectivity index (χ0) is 23.5. The van der Waals surface area contributed by atoms with Gasteiger partial charge in [0.1, 0.15) is 18.0 Å². The number of halogens is 1. The first-order valence-corrected chi connectivity index (χ1v) is 12.0. The van der Waals surface area contributed by atoms with Crippen molar-refractivity contribution in [3.05, 3.63) is 53.3 Å². The van der Waals surface area contributed by atoms with Gasteiger partial charge in [0.2, 0.25) is 10.0 Å². The van der Waals surface area contributed by atoms with Crippen LogP contribution < -0.4 is 14.8 Å². The third-order valence-electron chi connectivity index (χ3n) is 5.23. The molecule has 7 nitrogen and oxygen atoms in total. The van der Waals surface area contributed by atoms with Gasteiger partial charge in [-0.3, -0.25) is 4.79 Å². The first-order valence-electron chi connectivity index (χ1n) is 10.6. The number of para-hydroxylation sites is 1. The Labute approximate surface area is 188 Å². The summed E-state index contributed by atoms with van der Waals surface area (Å²) in [6, 6.07) is 8.90. The van der Waals surface area contributed by atoms with Gasteiger partial charge in [-0.25, -0.2) is 12.8 Å². The highest BCUT2D eigenvalue weighted by molar-refractivity contribution is 7.89. The second kappa shape index (κ2) is 9.46. The average Bonchev–Trinajstić information content (AvgIpc) is 3.06. The largest absolute Gasteiger partial charge is 0.488 e. The smallest absolute Gasteiger partial charge is 0.254 e. The van der Waals surface area contributed by atoms with Crippen LogP contribution in [0.4, 0.5) is 4.39 Å². The summed E-state index contributed by atoms with van der Waals surface area (Å²) < 4.78 is 52.6. The van der Waals surface area contributed by atoms with Crippen LogP contribution in [-0.4, -0.2) is 50.5 Å².